The van der Waals surface area contributed by atoms with Gasteiger partial charge in [-0.05, 0) is 38.7 Å². The van der Waals surface area contributed by atoms with Crippen LogP contribution in [0.3, 0.4) is 0 Å². The Morgan fingerprint density at radius 1 is 1.03 bits per heavy atom. The van der Waals surface area contributed by atoms with E-state index in [0.29, 0.717) is 5.16 Å². The molecule has 1 aromatic heterocycles. The SMILES string of the molecule is C[C@@H](Sc1nnc(-c2ccc(C(C)(C)C)cc2)n1C)C(=O)NC(=O)NC(C)(C)C. The van der Waals surface area contributed by atoms with Crippen molar-refractivity contribution in [3.63, 3.8) is 0 Å². The second-order valence-corrected chi connectivity index (χ2v) is 10.5. The van der Waals surface area contributed by atoms with E-state index < -0.39 is 16.8 Å². The van der Waals surface area contributed by atoms with Crippen LogP contribution in [0.5, 0.6) is 0 Å². The van der Waals surface area contributed by atoms with Crippen LogP contribution >= 0.6 is 11.8 Å². The van der Waals surface area contributed by atoms with Crippen molar-refractivity contribution in [3.8, 4) is 11.4 Å². The molecule has 0 unspecified atom stereocenters. The Kier molecular flexibility index (Phi) is 6.78. The fourth-order valence-corrected chi connectivity index (χ4v) is 3.40. The van der Waals surface area contributed by atoms with Crippen LogP contribution in [0.4, 0.5) is 4.79 Å². The van der Waals surface area contributed by atoms with E-state index in [0.717, 1.165) is 11.4 Å². The first-order valence-corrected chi connectivity index (χ1v) is 10.5. The minimum Gasteiger partial charge on any atom is -0.333 e. The number of thioether (sulfide) groups is 1. The molecule has 7 nitrogen and oxygen atoms in total. The predicted molar refractivity (Wildman–Crippen MR) is 117 cm³/mol. The molecule has 2 rings (SSSR count). The summed E-state index contributed by atoms with van der Waals surface area (Å²) in [7, 11) is 1.87. The number of nitrogens with zero attached hydrogens (tertiary/aromatic N) is 3. The normalized spacial score (nSPS) is 13.1. The summed E-state index contributed by atoms with van der Waals surface area (Å²) in [5.74, 6) is 0.349. The van der Waals surface area contributed by atoms with Gasteiger partial charge < -0.3 is 9.88 Å². The summed E-state index contributed by atoms with van der Waals surface area (Å²) in [6.07, 6.45) is 0. The van der Waals surface area contributed by atoms with Gasteiger partial charge >= 0.3 is 6.03 Å². The number of amides is 3. The standard InChI is InChI=1S/C21H31N5O2S/c1-13(17(27)22-18(28)23-21(5,6)7)29-19-25-24-16(26(19)8)14-9-11-15(12-10-14)20(2,3)4/h9-13H,1-8H3,(H2,22,23,27,28)/t13-/m1/s1. The smallest absolute Gasteiger partial charge is 0.321 e. The Morgan fingerprint density at radius 2 is 1.62 bits per heavy atom. The molecule has 0 aliphatic heterocycles. The molecule has 0 saturated carbocycles. The third-order valence-electron chi connectivity index (χ3n) is 4.22. The summed E-state index contributed by atoms with van der Waals surface area (Å²) in [4.78, 5) is 24.2. The number of imide groups is 1. The van der Waals surface area contributed by atoms with Gasteiger partial charge in [-0.15, -0.1) is 10.2 Å². The van der Waals surface area contributed by atoms with Crippen LogP contribution in [0.15, 0.2) is 29.4 Å². The zero-order valence-corrected chi connectivity index (χ0v) is 19.3. The maximum atomic E-state index is 12.3. The van der Waals surface area contributed by atoms with E-state index in [1.54, 1.807) is 6.92 Å². The molecule has 0 radical (unpaired) electrons. The minimum absolute atomic E-state index is 0.0848. The average Bonchev–Trinajstić information content (AvgIpc) is 2.93. The second kappa shape index (κ2) is 8.57. The molecular formula is C21H31N5O2S. The molecule has 0 aliphatic carbocycles. The lowest BCUT2D eigenvalue weighted by Crippen LogP contribution is -2.49. The number of nitrogens with one attached hydrogen (secondary N) is 2. The van der Waals surface area contributed by atoms with Crippen LogP contribution in [-0.4, -0.2) is 37.5 Å². The Bertz CT molecular complexity index is 876. The van der Waals surface area contributed by atoms with Crippen molar-refractivity contribution in [2.75, 3.05) is 0 Å². The summed E-state index contributed by atoms with van der Waals surface area (Å²) >= 11 is 1.26. The van der Waals surface area contributed by atoms with Gasteiger partial charge in [0.2, 0.25) is 5.91 Å². The minimum atomic E-state index is -0.507. The van der Waals surface area contributed by atoms with Gasteiger partial charge in [0.15, 0.2) is 11.0 Å². The maximum Gasteiger partial charge on any atom is 0.321 e. The first-order valence-electron chi connectivity index (χ1n) is 9.58. The predicted octanol–water partition coefficient (Wildman–Crippen LogP) is 3.88. The van der Waals surface area contributed by atoms with Gasteiger partial charge in [-0.2, -0.15) is 0 Å². The van der Waals surface area contributed by atoms with Gasteiger partial charge in [-0.25, -0.2) is 4.79 Å². The van der Waals surface area contributed by atoms with Crippen LogP contribution in [0.1, 0.15) is 54.0 Å². The van der Waals surface area contributed by atoms with Crippen molar-refractivity contribution in [2.24, 2.45) is 7.05 Å². The molecule has 3 amide bonds. The molecule has 1 atom stereocenters. The molecule has 2 aromatic rings. The van der Waals surface area contributed by atoms with E-state index in [-0.39, 0.29) is 11.3 Å². The van der Waals surface area contributed by atoms with E-state index in [9.17, 15) is 9.59 Å². The van der Waals surface area contributed by atoms with Gasteiger partial charge in [0.25, 0.3) is 0 Å². The average molecular weight is 418 g/mol. The summed E-state index contributed by atoms with van der Waals surface area (Å²) in [6, 6.07) is 7.76. The van der Waals surface area contributed by atoms with Crippen molar-refractivity contribution in [3.05, 3.63) is 29.8 Å². The Morgan fingerprint density at radius 3 is 2.14 bits per heavy atom. The largest absolute Gasteiger partial charge is 0.333 e. The number of benzene rings is 1. The summed E-state index contributed by atoms with van der Waals surface area (Å²) < 4.78 is 1.86. The molecule has 1 heterocycles. The number of hydrogen-bond donors (Lipinski definition) is 2. The van der Waals surface area contributed by atoms with Gasteiger partial charge in [-0.1, -0.05) is 56.8 Å². The highest BCUT2D eigenvalue weighted by molar-refractivity contribution is 8.00. The number of urea groups is 1. The van der Waals surface area contributed by atoms with E-state index in [1.807, 2.05) is 44.5 Å². The van der Waals surface area contributed by atoms with Crippen molar-refractivity contribution in [1.29, 1.82) is 0 Å². The summed E-state index contributed by atoms with van der Waals surface area (Å²) in [6.45, 7) is 13.8. The monoisotopic (exact) mass is 417 g/mol. The second-order valence-electron chi connectivity index (χ2n) is 9.15. The highest BCUT2D eigenvalue weighted by Gasteiger charge is 2.23. The molecule has 0 bridgehead atoms. The number of aromatic nitrogens is 3. The molecule has 0 saturated heterocycles. The lowest BCUT2D eigenvalue weighted by Gasteiger charge is -2.21. The molecular weight excluding hydrogens is 386 g/mol. The highest BCUT2D eigenvalue weighted by atomic mass is 32.2. The molecule has 29 heavy (non-hydrogen) atoms. The lowest BCUT2D eigenvalue weighted by atomic mass is 9.87. The first kappa shape index (κ1) is 22.9. The Labute approximate surface area is 177 Å². The molecule has 0 fully saturated rings. The quantitative estimate of drug-likeness (QED) is 0.737. The van der Waals surface area contributed by atoms with Gasteiger partial charge in [0, 0.05) is 18.2 Å². The zero-order valence-electron chi connectivity index (χ0n) is 18.5. The highest BCUT2D eigenvalue weighted by Crippen LogP contribution is 2.28. The summed E-state index contributed by atoms with van der Waals surface area (Å²) in [5, 5.41) is 13.7. The Hall–Kier alpha value is -2.35. The molecule has 2 N–H and O–H groups in total. The third kappa shape index (κ3) is 6.32. The Balaban J connectivity index is 2.07. The van der Waals surface area contributed by atoms with Crippen LogP contribution in [0, 0.1) is 0 Å². The zero-order chi connectivity index (χ0) is 22.0. The fourth-order valence-electron chi connectivity index (χ4n) is 2.59. The molecule has 8 heteroatoms. The van der Waals surface area contributed by atoms with Crippen molar-refractivity contribution >= 4 is 23.7 Å². The molecule has 0 aliphatic rings. The molecule has 1 aromatic carbocycles. The van der Waals surface area contributed by atoms with E-state index >= 15 is 0 Å². The molecule has 0 spiro atoms. The topological polar surface area (TPSA) is 88.9 Å². The van der Waals surface area contributed by atoms with E-state index in [4.69, 9.17) is 0 Å². The number of carbonyl (C=O) groups is 2. The van der Waals surface area contributed by atoms with E-state index in [1.165, 1.54) is 17.3 Å². The van der Waals surface area contributed by atoms with Crippen LogP contribution < -0.4 is 10.6 Å². The van der Waals surface area contributed by atoms with Crippen molar-refractivity contribution in [1.82, 2.24) is 25.4 Å². The molecule has 158 valence electrons. The van der Waals surface area contributed by atoms with Crippen LogP contribution in [0.25, 0.3) is 11.4 Å². The van der Waals surface area contributed by atoms with Crippen molar-refractivity contribution in [2.45, 2.75) is 69.8 Å². The van der Waals surface area contributed by atoms with Crippen LogP contribution in [-0.2, 0) is 17.3 Å². The fraction of sp³-hybridized carbons (Fsp3) is 0.524. The summed E-state index contributed by atoms with van der Waals surface area (Å²) in [5.41, 5.74) is 1.88. The first-order chi connectivity index (χ1) is 13.3. The third-order valence-corrected chi connectivity index (χ3v) is 5.35. The van der Waals surface area contributed by atoms with Crippen molar-refractivity contribution < 1.29 is 9.59 Å². The maximum absolute atomic E-state index is 12.3. The lowest BCUT2D eigenvalue weighted by molar-refractivity contribution is -0.119. The van der Waals surface area contributed by atoms with Gasteiger partial charge in [-0.3, -0.25) is 10.1 Å². The number of rotatable bonds is 4. The van der Waals surface area contributed by atoms with Gasteiger partial charge in [0.1, 0.15) is 0 Å². The van der Waals surface area contributed by atoms with Gasteiger partial charge in [0.05, 0.1) is 5.25 Å². The number of carbonyl (C=O) groups excluding carboxylic acids is 2. The number of hydrogen-bond acceptors (Lipinski definition) is 5. The van der Waals surface area contributed by atoms with E-state index in [2.05, 4.69) is 53.7 Å². The van der Waals surface area contributed by atoms with Crippen LogP contribution in [0.2, 0.25) is 0 Å².